The standard InChI is InChI=1S/C15H11ClFN3O/c16-12-6-9(2-4-13(12)17)20-15(21)11-7-19-14-5-8(18)1-3-10(11)14/h1-7,19H,18H2,(H,20,21). The van der Waals surface area contributed by atoms with E-state index in [1.54, 1.807) is 24.4 Å². The number of H-pyrrole nitrogens is 1. The maximum absolute atomic E-state index is 13.1. The number of benzene rings is 2. The van der Waals surface area contributed by atoms with Crippen molar-refractivity contribution < 1.29 is 9.18 Å². The minimum Gasteiger partial charge on any atom is -0.399 e. The molecule has 1 heterocycles. The summed E-state index contributed by atoms with van der Waals surface area (Å²) in [5.74, 6) is -0.842. The zero-order valence-electron chi connectivity index (χ0n) is 10.8. The molecule has 0 radical (unpaired) electrons. The van der Waals surface area contributed by atoms with Crippen molar-refractivity contribution in [2.24, 2.45) is 0 Å². The molecular formula is C15H11ClFN3O. The zero-order chi connectivity index (χ0) is 15.0. The Hall–Kier alpha value is -2.53. The van der Waals surface area contributed by atoms with Gasteiger partial charge in [-0.25, -0.2) is 4.39 Å². The quantitative estimate of drug-likeness (QED) is 0.630. The molecule has 0 saturated carbocycles. The Morgan fingerprint density at radius 1 is 1.24 bits per heavy atom. The Bertz CT molecular complexity index is 844. The highest BCUT2D eigenvalue weighted by atomic mass is 35.5. The van der Waals surface area contributed by atoms with Gasteiger partial charge in [0.25, 0.3) is 5.91 Å². The summed E-state index contributed by atoms with van der Waals surface area (Å²) in [7, 11) is 0. The lowest BCUT2D eigenvalue weighted by molar-refractivity contribution is 0.102. The maximum Gasteiger partial charge on any atom is 0.257 e. The third-order valence-corrected chi connectivity index (χ3v) is 3.42. The molecule has 3 rings (SSSR count). The van der Waals surface area contributed by atoms with Crippen LogP contribution in [0.3, 0.4) is 0 Å². The molecule has 0 aliphatic heterocycles. The predicted octanol–water partition coefficient (Wildman–Crippen LogP) is 3.79. The molecule has 4 N–H and O–H groups in total. The molecule has 4 nitrogen and oxygen atoms in total. The Morgan fingerprint density at radius 2 is 2.05 bits per heavy atom. The average molecular weight is 304 g/mol. The second-order valence-corrected chi connectivity index (χ2v) is 5.00. The van der Waals surface area contributed by atoms with Crippen molar-refractivity contribution in [3.63, 3.8) is 0 Å². The molecule has 0 atom stereocenters. The van der Waals surface area contributed by atoms with Gasteiger partial charge in [0.2, 0.25) is 0 Å². The van der Waals surface area contributed by atoms with Crippen LogP contribution in [0.25, 0.3) is 10.9 Å². The van der Waals surface area contributed by atoms with Crippen LogP contribution >= 0.6 is 11.6 Å². The number of hydrogen-bond donors (Lipinski definition) is 3. The van der Waals surface area contributed by atoms with E-state index >= 15 is 0 Å². The summed E-state index contributed by atoms with van der Waals surface area (Å²) >= 11 is 5.69. The van der Waals surface area contributed by atoms with Crippen molar-refractivity contribution in [1.29, 1.82) is 0 Å². The number of amides is 1. The molecule has 0 unspecified atom stereocenters. The van der Waals surface area contributed by atoms with E-state index in [-0.39, 0.29) is 10.9 Å². The highest BCUT2D eigenvalue weighted by Crippen LogP contribution is 2.23. The first-order valence-corrected chi connectivity index (χ1v) is 6.55. The summed E-state index contributed by atoms with van der Waals surface area (Å²) in [6.07, 6.45) is 1.60. The first kappa shape index (κ1) is 13.5. The number of hydrogen-bond acceptors (Lipinski definition) is 2. The van der Waals surface area contributed by atoms with Crippen LogP contribution in [0, 0.1) is 5.82 Å². The minimum absolute atomic E-state index is 0.0421. The summed E-state index contributed by atoms with van der Waals surface area (Å²) in [5, 5.41) is 3.39. The topological polar surface area (TPSA) is 70.9 Å². The van der Waals surface area contributed by atoms with Gasteiger partial charge in [0.1, 0.15) is 5.82 Å². The van der Waals surface area contributed by atoms with Crippen molar-refractivity contribution in [2.45, 2.75) is 0 Å². The minimum atomic E-state index is -0.530. The van der Waals surface area contributed by atoms with Gasteiger partial charge >= 0.3 is 0 Å². The number of fused-ring (bicyclic) bond motifs is 1. The van der Waals surface area contributed by atoms with Gasteiger partial charge in [0.05, 0.1) is 10.6 Å². The van der Waals surface area contributed by atoms with Crippen molar-refractivity contribution >= 4 is 39.8 Å². The Kier molecular flexibility index (Phi) is 3.27. The van der Waals surface area contributed by atoms with Crippen LogP contribution in [-0.2, 0) is 0 Å². The van der Waals surface area contributed by atoms with Crippen LogP contribution in [-0.4, -0.2) is 10.9 Å². The number of carbonyl (C=O) groups is 1. The molecule has 106 valence electrons. The van der Waals surface area contributed by atoms with Crippen LogP contribution in [0.15, 0.2) is 42.6 Å². The van der Waals surface area contributed by atoms with E-state index in [2.05, 4.69) is 10.3 Å². The summed E-state index contributed by atoms with van der Waals surface area (Å²) in [6, 6.07) is 9.26. The summed E-state index contributed by atoms with van der Waals surface area (Å²) in [6.45, 7) is 0. The van der Waals surface area contributed by atoms with E-state index in [9.17, 15) is 9.18 Å². The van der Waals surface area contributed by atoms with E-state index < -0.39 is 5.82 Å². The molecule has 21 heavy (non-hydrogen) atoms. The number of nitrogens with two attached hydrogens (primary N) is 1. The lowest BCUT2D eigenvalue weighted by Crippen LogP contribution is -2.11. The predicted molar refractivity (Wildman–Crippen MR) is 82.1 cm³/mol. The second-order valence-electron chi connectivity index (χ2n) is 4.59. The van der Waals surface area contributed by atoms with Crippen LogP contribution in [0.2, 0.25) is 5.02 Å². The molecule has 0 spiro atoms. The van der Waals surface area contributed by atoms with Crippen LogP contribution < -0.4 is 11.1 Å². The van der Waals surface area contributed by atoms with Crippen molar-refractivity contribution in [2.75, 3.05) is 11.1 Å². The van der Waals surface area contributed by atoms with Gasteiger partial charge in [-0.05, 0) is 36.4 Å². The van der Waals surface area contributed by atoms with E-state index in [1.165, 1.54) is 18.2 Å². The molecular weight excluding hydrogens is 293 g/mol. The SMILES string of the molecule is Nc1ccc2c(C(=O)Nc3ccc(F)c(Cl)c3)c[nH]c2c1. The number of aromatic nitrogens is 1. The molecule has 1 amide bonds. The number of rotatable bonds is 2. The number of nitrogens with one attached hydrogen (secondary N) is 2. The van der Waals surface area contributed by atoms with Gasteiger partial charge in [-0.15, -0.1) is 0 Å². The lowest BCUT2D eigenvalue weighted by Gasteiger charge is -2.05. The molecule has 0 bridgehead atoms. The molecule has 0 fully saturated rings. The fourth-order valence-electron chi connectivity index (χ4n) is 2.10. The third-order valence-electron chi connectivity index (χ3n) is 3.13. The first-order chi connectivity index (χ1) is 10.0. The Balaban J connectivity index is 1.91. The first-order valence-electron chi connectivity index (χ1n) is 6.17. The highest BCUT2D eigenvalue weighted by Gasteiger charge is 2.13. The van der Waals surface area contributed by atoms with E-state index in [0.717, 1.165) is 10.9 Å². The molecule has 0 aliphatic rings. The average Bonchev–Trinajstić information content (AvgIpc) is 2.85. The van der Waals surface area contributed by atoms with Crippen molar-refractivity contribution in [3.05, 3.63) is 59.0 Å². The number of anilines is 2. The second kappa shape index (κ2) is 5.10. The number of halogens is 2. The number of carbonyl (C=O) groups excluding carboxylic acids is 1. The Morgan fingerprint density at radius 3 is 2.81 bits per heavy atom. The fraction of sp³-hybridized carbons (Fsp3) is 0. The van der Waals surface area contributed by atoms with Crippen LogP contribution in [0.1, 0.15) is 10.4 Å². The van der Waals surface area contributed by atoms with Crippen LogP contribution in [0.4, 0.5) is 15.8 Å². The van der Waals surface area contributed by atoms with E-state index in [1.807, 2.05) is 0 Å². The van der Waals surface area contributed by atoms with Gasteiger partial charge in [-0.2, -0.15) is 0 Å². The van der Waals surface area contributed by atoms with E-state index in [4.69, 9.17) is 17.3 Å². The third kappa shape index (κ3) is 2.55. The highest BCUT2D eigenvalue weighted by molar-refractivity contribution is 6.31. The van der Waals surface area contributed by atoms with Gasteiger partial charge in [-0.1, -0.05) is 11.6 Å². The van der Waals surface area contributed by atoms with Gasteiger partial charge < -0.3 is 16.0 Å². The smallest absolute Gasteiger partial charge is 0.257 e. The van der Waals surface area contributed by atoms with Crippen molar-refractivity contribution in [3.8, 4) is 0 Å². The van der Waals surface area contributed by atoms with Crippen molar-refractivity contribution in [1.82, 2.24) is 4.98 Å². The summed E-state index contributed by atoms with van der Waals surface area (Å²) in [5.41, 5.74) is 7.99. The number of aromatic amines is 1. The fourth-order valence-corrected chi connectivity index (χ4v) is 2.28. The largest absolute Gasteiger partial charge is 0.399 e. The lowest BCUT2D eigenvalue weighted by atomic mass is 10.1. The molecule has 0 aliphatic carbocycles. The Labute approximate surface area is 124 Å². The number of nitrogen functional groups attached to an aromatic ring is 1. The zero-order valence-corrected chi connectivity index (χ0v) is 11.5. The molecule has 1 aromatic heterocycles. The van der Waals surface area contributed by atoms with Gasteiger partial charge in [0.15, 0.2) is 0 Å². The maximum atomic E-state index is 13.1. The van der Waals surface area contributed by atoms with Crippen LogP contribution in [0.5, 0.6) is 0 Å². The monoisotopic (exact) mass is 303 g/mol. The molecule has 0 saturated heterocycles. The molecule has 3 aromatic rings. The van der Waals surface area contributed by atoms with E-state index in [0.29, 0.717) is 16.9 Å². The molecule has 6 heteroatoms. The summed E-state index contributed by atoms with van der Waals surface area (Å²) in [4.78, 5) is 15.3. The van der Waals surface area contributed by atoms with Gasteiger partial charge in [-0.3, -0.25) is 4.79 Å². The van der Waals surface area contributed by atoms with Gasteiger partial charge in [0, 0.05) is 28.5 Å². The normalized spacial score (nSPS) is 10.8. The molecule has 2 aromatic carbocycles. The summed E-state index contributed by atoms with van der Waals surface area (Å²) < 4.78 is 13.1.